The largest absolute Gasteiger partial charge is 0.418 e. The van der Waals surface area contributed by atoms with Gasteiger partial charge in [-0.3, -0.25) is 0 Å². The Balaban J connectivity index is 2.65. The van der Waals surface area contributed by atoms with Crippen LogP contribution in [0.3, 0.4) is 0 Å². The predicted molar refractivity (Wildman–Crippen MR) is 59.5 cm³/mol. The monoisotopic (exact) mass is 231 g/mol. The predicted octanol–water partition coefficient (Wildman–Crippen LogP) is 4.31. The van der Waals surface area contributed by atoms with Crippen LogP contribution in [0.4, 0.5) is 18.9 Å². The minimum atomic E-state index is -4.28. The van der Waals surface area contributed by atoms with E-state index in [0.717, 1.165) is 25.3 Å². The molecular weight excluding hydrogens is 215 g/mol. The van der Waals surface area contributed by atoms with Gasteiger partial charge in [0.15, 0.2) is 0 Å². The van der Waals surface area contributed by atoms with Gasteiger partial charge >= 0.3 is 6.18 Å². The van der Waals surface area contributed by atoms with Crippen LogP contribution in [0, 0.1) is 0 Å². The molecule has 0 aromatic heterocycles. The highest BCUT2D eigenvalue weighted by molar-refractivity contribution is 5.52. The van der Waals surface area contributed by atoms with E-state index in [4.69, 9.17) is 0 Å². The Morgan fingerprint density at radius 2 is 1.81 bits per heavy atom. The molecule has 0 fully saturated rings. The van der Waals surface area contributed by atoms with E-state index in [1.54, 1.807) is 6.07 Å². The van der Waals surface area contributed by atoms with Crippen molar-refractivity contribution in [1.29, 1.82) is 0 Å². The number of hydrogen-bond acceptors (Lipinski definition) is 1. The molecule has 4 heteroatoms. The van der Waals surface area contributed by atoms with Crippen molar-refractivity contribution in [3.05, 3.63) is 29.8 Å². The summed E-state index contributed by atoms with van der Waals surface area (Å²) in [6, 6.07) is 5.58. The summed E-state index contributed by atoms with van der Waals surface area (Å²) < 4.78 is 37.8. The quantitative estimate of drug-likeness (QED) is 0.745. The number of halogens is 3. The van der Waals surface area contributed by atoms with Gasteiger partial charge in [0.1, 0.15) is 0 Å². The molecule has 0 aliphatic carbocycles. The van der Waals surface area contributed by atoms with Gasteiger partial charge in [-0.1, -0.05) is 31.9 Å². The van der Waals surface area contributed by atoms with E-state index in [1.165, 1.54) is 12.1 Å². The molecule has 0 aliphatic rings. The Labute approximate surface area is 93.7 Å². The second-order valence-corrected chi connectivity index (χ2v) is 3.68. The van der Waals surface area contributed by atoms with Crippen LogP contribution in [0.2, 0.25) is 0 Å². The van der Waals surface area contributed by atoms with Crippen molar-refractivity contribution < 1.29 is 13.2 Å². The van der Waals surface area contributed by atoms with E-state index in [0.29, 0.717) is 6.54 Å². The number of hydrogen-bond donors (Lipinski definition) is 1. The lowest BCUT2D eigenvalue weighted by Gasteiger charge is -2.14. The number of alkyl halides is 3. The number of unbranched alkanes of at least 4 members (excludes halogenated alkanes) is 2. The Bertz CT molecular complexity index is 320. The lowest BCUT2D eigenvalue weighted by molar-refractivity contribution is -0.136. The second-order valence-electron chi connectivity index (χ2n) is 3.68. The van der Waals surface area contributed by atoms with Crippen LogP contribution in [0.25, 0.3) is 0 Å². The normalized spacial score (nSPS) is 11.5. The van der Waals surface area contributed by atoms with Gasteiger partial charge < -0.3 is 5.32 Å². The zero-order valence-corrected chi connectivity index (χ0v) is 9.27. The zero-order valence-electron chi connectivity index (χ0n) is 9.27. The fourth-order valence-corrected chi connectivity index (χ4v) is 1.48. The van der Waals surface area contributed by atoms with Crippen molar-refractivity contribution in [2.45, 2.75) is 32.4 Å². The first-order valence-corrected chi connectivity index (χ1v) is 5.45. The van der Waals surface area contributed by atoms with Gasteiger partial charge in [-0.2, -0.15) is 13.2 Å². The molecule has 1 rings (SSSR count). The van der Waals surface area contributed by atoms with Crippen molar-refractivity contribution in [1.82, 2.24) is 0 Å². The molecule has 0 heterocycles. The summed E-state index contributed by atoms with van der Waals surface area (Å²) in [4.78, 5) is 0. The summed E-state index contributed by atoms with van der Waals surface area (Å²) in [5.41, 5.74) is -0.419. The van der Waals surface area contributed by atoms with Crippen LogP contribution in [0.1, 0.15) is 31.7 Å². The zero-order chi connectivity index (χ0) is 12.0. The van der Waals surface area contributed by atoms with Crippen molar-refractivity contribution in [3.8, 4) is 0 Å². The summed E-state index contributed by atoms with van der Waals surface area (Å²) >= 11 is 0. The van der Waals surface area contributed by atoms with Crippen molar-refractivity contribution in [3.63, 3.8) is 0 Å². The molecule has 1 N–H and O–H groups in total. The molecule has 0 amide bonds. The molecule has 1 aromatic rings. The fraction of sp³-hybridized carbons (Fsp3) is 0.500. The molecule has 0 bridgehead atoms. The highest BCUT2D eigenvalue weighted by Crippen LogP contribution is 2.34. The minimum Gasteiger partial charge on any atom is -0.385 e. The van der Waals surface area contributed by atoms with E-state index in [-0.39, 0.29) is 5.69 Å². The molecule has 1 nitrogen and oxygen atoms in total. The summed E-state index contributed by atoms with van der Waals surface area (Å²) in [7, 11) is 0. The summed E-state index contributed by atoms with van der Waals surface area (Å²) in [6.45, 7) is 2.64. The van der Waals surface area contributed by atoms with E-state index in [1.807, 2.05) is 0 Å². The molecule has 0 atom stereocenters. The first kappa shape index (κ1) is 12.9. The molecule has 1 aromatic carbocycles. The minimum absolute atomic E-state index is 0.172. The Morgan fingerprint density at radius 1 is 1.12 bits per heavy atom. The number of rotatable bonds is 5. The summed E-state index contributed by atoms with van der Waals surface area (Å²) in [6.07, 6.45) is -1.30. The van der Waals surface area contributed by atoms with E-state index in [9.17, 15) is 13.2 Å². The molecule has 0 spiro atoms. The first-order chi connectivity index (χ1) is 7.55. The average Bonchev–Trinajstić information content (AvgIpc) is 2.24. The third-order valence-electron chi connectivity index (χ3n) is 2.33. The molecular formula is C12H16F3N. The van der Waals surface area contributed by atoms with Gasteiger partial charge in [0, 0.05) is 12.2 Å². The maximum atomic E-state index is 12.6. The van der Waals surface area contributed by atoms with Crippen LogP contribution in [0.15, 0.2) is 24.3 Å². The maximum absolute atomic E-state index is 12.6. The van der Waals surface area contributed by atoms with E-state index in [2.05, 4.69) is 12.2 Å². The van der Waals surface area contributed by atoms with Gasteiger partial charge in [0.05, 0.1) is 5.56 Å². The third-order valence-corrected chi connectivity index (χ3v) is 2.33. The molecule has 16 heavy (non-hydrogen) atoms. The standard InChI is InChI=1S/C12H16F3N/c1-2-3-6-9-16-11-8-5-4-7-10(11)12(13,14)15/h4-5,7-8,16H,2-3,6,9H2,1H3. The van der Waals surface area contributed by atoms with Gasteiger partial charge in [0.2, 0.25) is 0 Å². The summed E-state index contributed by atoms with van der Waals surface area (Å²) in [5, 5.41) is 2.83. The number of benzene rings is 1. The average molecular weight is 231 g/mol. The Kier molecular flexibility index (Phi) is 4.65. The highest BCUT2D eigenvalue weighted by atomic mass is 19.4. The molecule has 0 saturated carbocycles. The Morgan fingerprint density at radius 3 is 2.44 bits per heavy atom. The van der Waals surface area contributed by atoms with Crippen LogP contribution in [-0.4, -0.2) is 6.54 Å². The van der Waals surface area contributed by atoms with Crippen molar-refractivity contribution in [2.24, 2.45) is 0 Å². The SMILES string of the molecule is CCCCCNc1ccccc1C(F)(F)F. The summed E-state index contributed by atoms with van der Waals surface area (Å²) in [5.74, 6) is 0. The molecule has 0 radical (unpaired) electrons. The van der Waals surface area contributed by atoms with E-state index >= 15 is 0 Å². The smallest absolute Gasteiger partial charge is 0.385 e. The number of para-hydroxylation sites is 1. The number of nitrogens with one attached hydrogen (secondary N) is 1. The molecule has 0 unspecified atom stereocenters. The fourth-order valence-electron chi connectivity index (χ4n) is 1.48. The molecule has 0 saturated heterocycles. The van der Waals surface area contributed by atoms with Gasteiger partial charge in [-0.15, -0.1) is 0 Å². The van der Waals surface area contributed by atoms with Crippen molar-refractivity contribution >= 4 is 5.69 Å². The van der Waals surface area contributed by atoms with Crippen LogP contribution in [-0.2, 0) is 6.18 Å². The number of anilines is 1. The maximum Gasteiger partial charge on any atom is 0.418 e. The molecule has 90 valence electrons. The van der Waals surface area contributed by atoms with Crippen molar-refractivity contribution in [2.75, 3.05) is 11.9 Å². The first-order valence-electron chi connectivity index (χ1n) is 5.45. The lowest BCUT2D eigenvalue weighted by atomic mass is 10.1. The topological polar surface area (TPSA) is 12.0 Å². The van der Waals surface area contributed by atoms with Crippen LogP contribution >= 0.6 is 0 Å². The van der Waals surface area contributed by atoms with Gasteiger partial charge in [0.25, 0.3) is 0 Å². The molecule has 0 aliphatic heterocycles. The van der Waals surface area contributed by atoms with Crippen LogP contribution in [0.5, 0.6) is 0 Å². The second kappa shape index (κ2) is 5.77. The van der Waals surface area contributed by atoms with Gasteiger partial charge in [-0.05, 0) is 18.6 Å². The highest BCUT2D eigenvalue weighted by Gasteiger charge is 2.32. The van der Waals surface area contributed by atoms with Crippen LogP contribution < -0.4 is 5.32 Å². The van der Waals surface area contributed by atoms with E-state index < -0.39 is 11.7 Å². The lowest BCUT2D eigenvalue weighted by Crippen LogP contribution is -2.11. The Hall–Kier alpha value is -1.19. The third kappa shape index (κ3) is 3.76. The van der Waals surface area contributed by atoms with Gasteiger partial charge in [-0.25, -0.2) is 0 Å².